The number of benzene rings is 3. The minimum atomic E-state index is 0.843. The molecule has 1 nitrogen and oxygen atoms in total. The Morgan fingerprint density at radius 1 is 0.710 bits per heavy atom. The first-order valence-corrected chi connectivity index (χ1v) is 10.8. The van der Waals surface area contributed by atoms with Crippen LogP contribution < -0.4 is 4.74 Å². The van der Waals surface area contributed by atoms with Gasteiger partial charge in [-0.1, -0.05) is 47.5 Å². The van der Waals surface area contributed by atoms with Crippen LogP contribution in [0, 0.1) is 30.6 Å². The van der Waals surface area contributed by atoms with Gasteiger partial charge < -0.3 is 4.74 Å². The quantitative estimate of drug-likeness (QED) is 0.430. The Bertz CT molecular complexity index is 1200. The molecule has 0 amide bonds. The molecule has 4 rings (SSSR count). The first kappa shape index (κ1) is 20.6. The maximum atomic E-state index is 5.24. The Morgan fingerprint density at radius 2 is 1.35 bits per heavy atom. The van der Waals surface area contributed by atoms with Crippen molar-refractivity contribution >= 4 is 5.57 Å². The SMILES string of the molecule is COc1ccc(C#Cc2ccc(C#Cc3ccc(C)cc3)cc2C2=CCCCC2)cc1. The van der Waals surface area contributed by atoms with Gasteiger partial charge in [-0.25, -0.2) is 0 Å². The van der Waals surface area contributed by atoms with Crippen LogP contribution in [0.1, 0.15) is 59.1 Å². The number of aryl methyl sites for hydroxylation is 1. The minimum Gasteiger partial charge on any atom is -0.497 e. The molecule has 1 heteroatoms. The van der Waals surface area contributed by atoms with Crippen LogP contribution in [0.25, 0.3) is 5.57 Å². The zero-order valence-electron chi connectivity index (χ0n) is 18.2. The Hall–Kier alpha value is -3.68. The smallest absolute Gasteiger partial charge is 0.118 e. The van der Waals surface area contributed by atoms with Crippen LogP contribution in [-0.4, -0.2) is 7.11 Å². The second kappa shape index (κ2) is 9.88. The summed E-state index contributed by atoms with van der Waals surface area (Å²) in [5, 5.41) is 0. The van der Waals surface area contributed by atoms with Gasteiger partial charge in [0.2, 0.25) is 0 Å². The average Bonchev–Trinajstić information content (AvgIpc) is 2.83. The topological polar surface area (TPSA) is 9.23 Å². The Labute approximate surface area is 185 Å². The molecule has 1 aliphatic rings. The first-order valence-electron chi connectivity index (χ1n) is 10.8. The van der Waals surface area contributed by atoms with Crippen molar-refractivity contribution in [2.24, 2.45) is 0 Å². The summed E-state index contributed by atoms with van der Waals surface area (Å²) in [5.74, 6) is 14.2. The van der Waals surface area contributed by atoms with Crippen LogP contribution in [-0.2, 0) is 0 Å². The minimum absolute atomic E-state index is 0.843. The monoisotopic (exact) mass is 402 g/mol. The fourth-order valence-electron chi connectivity index (χ4n) is 3.67. The molecule has 0 heterocycles. The van der Waals surface area contributed by atoms with Crippen LogP contribution in [0.2, 0.25) is 0 Å². The van der Waals surface area contributed by atoms with Crippen molar-refractivity contribution < 1.29 is 4.74 Å². The summed E-state index contributed by atoms with van der Waals surface area (Å²) >= 11 is 0. The highest BCUT2D eigenvalue weighted by Crippen LogP contribution is 2.29. The molecule has 0 spiro atoms. The summed E-state index contributed by atoms with van der Waals surface area (Å²) in [5.41, 5.74) is 7.96. The maximum Gasteiger partial charge on any atom is 0.118 e. The summed E-state index contributed by atoms with van der Waals surface area (Å²) in [6.07, 6.45) is 7.11. The van der Waals surface area contributed by atoms with Crippen LogP contribution in [0.3, 0.4) is 0 Å². The van der Waals surface area contributed by atoms with Gasteiger partial charge in [-0.3, -0.25) is 0 Å². The van der Waals surface area contributed by atoms with Crippen LogP contribution in [0.15, 0.2) is 72.8 Å². The van der Waals surface area contributed by atoms with Gasteiger partial charge in [0.25, 0.3) is 0 Å². The standard InChI is InChI=1S/C30H26O/c1-23-8-10-24(11-9-23)12-13-26-15-19-28(30(22-26)27-6-4-3-5-7-27)18-14-25-16-20-29(31-2)21-17-25/h6,8-11,15-17,19-22H,3-5,7H2,1-2H3. The summed E-state index contributed by atoms with van der Waals surface area (Å²) in [4.78, 5) is 0. The van der Waals surface area contributed by atoms with Gasteiger partial charge in [0.05, 0.1) is 7.11 Å². The van der Waals surface area contributed by atoms with E-state index in [-0.39, 0.29) is 0 Å². The average molecular weight is 403 g/mol. The fourth-order valence-corrected chi connectivity index (χ4v) is 3.67. The van der Waals surface area contributed by atoms with E-state index >= 15 is 0 Å². The van der Waals surface area contributed by atoms with E-state index in [0.717, 1.165) is 40.8 Å². The van der Waals surface area contributed by atoms with E-state index in [2.05, 4.69) is 79.1 Å². The molecule has 0 saturated carbocycles. The molecule has 0 N–H and O–H groups in total. The van der Waals surface area contributed by atoms with Crippen molar-refractivity contribution in [2.45, 2.75) is 32.6 Å². The molecule has 0 atom stereocenters. The lowest BCUT2D eigenvalue weighted by atomic mass is 9.89. The molecule has 3 aromatic rings. The second-order valence-corrected chi connectivity index (χ2v) is 7.83. The molecule has 1 aliphatic carbocycles. The van der Waals surface area contributed by atoms with Gasteiger partial charge in [0.15, 0.2) is 0 Å². The highest BCUT2D eigenvalue weighted by molar-refractivity contribution is 5.73. The van der Waals surface area contributed by atoms with Crippen molar-refractivity contribution in [1.82, 2.24) is 0 Å². The zero-order valence-corrected chi connectivity index (χ0v) is 18.2. The lowest BCUT2D eigenvalue weighted by Gasteiger charge is -2.15. The highest BCUT2D eigenvalue weighted by Gasteiger charge is 2.10. The summed E-state index contributed by atoms with van der Waals surface area (Å²) < 4.78 is 5.24. The number of rotatable bonds is 2. The lowest BCUT2D eigenvalue weighted by molar-refractivity contribution is 0.415. The molecular weight excluding hydrogens is 376 g/mol. The molecule has 0 aliphatic heterocycles. The third-order valence-electron chi connectivity index (χ3n) is 5.49. The van der Waals surface area contributed by atoms with Gasteiger partial charge in [0.1, 0.15) is 5.75 Å². The lowest BCUT2D eigenvalue weighted by Crippen LogP contribution is -1.96. The maximum absolute atomic E-state index is 5.24. The van der Waals surface area contributed by atoms with E-state index in [1.807, 2.05) is 24.3 Å². The molecule has 0 bridgehead atoms. The number of hydrogen-bond donors (Lipinski definition) is 0. The van der Waals surface area contributed by atoms with Crippen molar-refractivity contribution in [3.8, 4) is 29.4 Å². The number of ether oxygens (including phenoxy) is 1. The number of methoxy groups -OCH3 is 1. The summed E-state index contributed by atoms with van der Waals surface area (Å²) in [7, 11) is 1.67. The van der Waals surface area contributed by atoms with Gasteiger partial charge in [0, 0.05) is 22.3 Å². The second-order valence-electron chi connectivity index (χ2n) is 7.83. The number of hydrogen-bond acceptors (Lipinski definition) is 1. The normalized spacial score (nSPS) is 12.6. The summed E-state index contributed by atoms with van der Waals surface area (Å²) in [6, 6.07) is 22.6. The predicted octanol–water partition coefficient (Wildman–Crippen LogP) is 6.76. The van der Waals surface area contributed by atoms with E-state index in [1.165, 1.54) is 29.5 Å². The third kappa shape index (κ3) is 5.48. The molecular formula is C30H26O. The van der Waals surface area contributed by atoms with Crippen LogP contribution in [0.5, 0.6) is 5.75 Å². The first-order chi connectivity index (χ1) is 15.2. The molecule has 0 fully saturated rings. The molecule has 0 aromatic heterocycles. The van der Waals surface area contributed by atoms with Gasteiger partial charge in [-0.05, 0) is 98.3 Å². The molecule has 0 radical (unpaired) electrons. The predicted molar refractivity (Wildman–Crippen MR) is 129 cm³/mol. The largest absolute Gasteiger partial charge is 0.497 e. The van der Waals surface area contributed by atoms with Gasteiger partial charge >= 0.3 is 0 Å². The Morgan fingerprint density at radius 3 is 2.03 bits per heavy atom. The highest BCUT2D eigenvalue weighted by atomic mass is 16.5. The van der Waals surface area contributed by atoms with E-state index in [1.54, 1.807) is 7.11 Å². The molecule has 31 heavy (non-hydrogen) atoms. The Kier molecular flexibility index (Phi) is 6.56. The molecule has 152 valence electrons. The van der Waals surface area contributed by atoms with Crippen molar-refractivity contribution in [1.29, 1.82) is 0 Å². The van der Waals surface area contributed by atoms with Crippen LogP contribution in [0.4, 0.5) is 0 Å². The summed E-state index contributed by atoms with van der Waals surface area (Å²) in [6.45, 7) is 2.09. The molecule has 0 saturated heterocycles. The van der Waals surface area contributed by atoms with E-state index in [4.69, 9.17) is 4.74 Å². The van der Waals surface area contributed by atoms with Gasteiger partial charge in [-0.2, -0.15) is 0 Å². The van der Waals surface area contributed by atoms with Gasteiger partial charge in [-0.15, -0.1) is 0 Å². The van der Waals surface area contributed by atoms with Crippen molar-refractivity contribution in [2.75, 3.05) is 7.11 Å². The van der Waals surface area contributed by atoms with Crippen molar-refractivity contribution in [3.63, 3.8) is 0 Å². The number of allylic oxidation sites excluding steroid dienone is 2. The fraction of sp³-hybridized carbons (Fsp3) is 0.200. The molecule has 0 unspecified atom stereocenters. The third-order valence-corrected chi connectivity index (χ3v) is 5.49. The molecule has 3 aromatic carbocycles. The zero-order chi connectivity index (χ0) is 21.5. The van der Waals surface area contributed by atoms with Crippen LogP contribution >= 0.6 is 0 Å². The Balaban J connectivity index is 1.67. The van der Waals surface area contributed by atoms with E-state index < -0.39 is 0 Å². The van der Waals surface area contributed by atoms with Crippen molar-refractivity contribution in [3.05, 3.63) is 106 Å². The van der Waals surface area contributed by atoms with E-state index in [0.29, 0.717) is 0 Å². The van der Waals surface area contributed by atoms with E-state index in [9.17, 15) is 0 Å².